The van der Waals surface area contributed by atoms with Gasteiger partial charge in [-0.3, -0.25) is 29.5 Å². The number of likely N-dealkylation sites (tertiary alicyclic amines) is 1. The third-order valence-electron chi connectivity index (χ3n) is 10.9. The molecule has 0 bridgehead atoms. The number of fused-ring (bicyclic) bond motifs is 4. The van der Waals surface area contributed by atoms with Crippen molar-refractivity contribution in [3.63, 3.8) is 0 Å². The molecule has 3 aromatic carbocycles. The molecule has 0 radical (unpaired) electrons. The van der Waals surface area contributed by atoms with E-state index in [9.17, 15) is 19.5 Å². The third kappa shape index (κ3) is 5.25. The van der Waals surface area contributed by atoms with Gasteiger partial charge in [-0.1, -0.05) is 62.9 Å². The number of hydrazine groups is 1. The minimum atomic E-state index is -1.64. The molecule has 7 rings (SSSR count). The van der Waals surface area contributed by atoms with Crippen LogP contribution < -0.4 is 14.9 Å². The van der Waals surface area contributed by atoms with Gasteiger partial charge in [0.15, 0.2) is 11.5 Å². The van der Waals surface area contributed by atoms with Gasteiger partial charge in [-0.05, 0) is 87.6 Å². The highest BCUT2D eigenvalue weighted by Gasteiger charge is 2.71. The summed E-state index contributed by atoms with van der Waals surface area (Å²) in [7, 11) is 2.96. The number of benzene rings is 3. The number of ether oxygens (including phenoxy) is 2. The summed E-state index contributed by atoms with van der Waals surface area (Å²) in [5, 5.41) is 13.4. The van der Waals surface area contributed by atoms with Crippen LogP contribution in [0, 0.1) is 23.7 Å². The molecule has 0 unspecified atom stereocenters. The number of anilines is 1. The summed E-state index contributed by atoms with van der Waals surface area (Å²) in [6, 6.07) is 15.0. The van der Waals surface area contributed by atoms with Crippen molar-refractivity contribution < 1.29 is 33.8 Å². The number of carbonyl (C=O) groups excluding carboxylic acids is 4. The minimum Gasteiger partial charge on any atom is -0.504 e. The van der Waals surface area contributed by atoms with Crippen LogP contribution in [-0.4, -0.2) is 58.4 Å². The highest BCUT2D eigenvalue weighted by molar-refractivity contribution is 9.10. The number of amides is 4. The zero-order valence-electron chi connectivity index (χ0n) is 28.5. The molecule has 266 valence electrons. The largest absolute Gasteiger partial charge is 0.504 e. The Morgan fingerprint density at radius 1 is 0.922 bits per heavy atom. The lowest BCUT2D eigenvalue weighted by molar-refractivity contribution is -0.146. The topological polar surface area (TPSA) is 125 Å². The van der Waals surface area contributed by atoms with E-state index in [1.807, 2.05) is 26.8 Å². The molecular weight excluding hydrogens is 761 g/mol. The first-order valence-corrected chi connectivity index (χ1v) is 18.1. The second-order valence-corrected chi connectivity index (χ2v) is 16.2. The number of hydrogen-bond donors (Lipinski definition) is 2. The number of phenols is 1. The van der Waals surface area contributed by atoms with Crippen LogP contribution in [0.25, 0.3) is 0 Å². The Balaban J connectivity index is 1.50. The van der Waals surface area contributed by atoms with E-state index < -0.39 is 52.4 Å². The van der Waals surface area contributed by atoms with Crippen LogP contribution in [0.2, 0.25) is 10.0 Å². The highest BCUT2D eigenvalue weighted by Crippen LogP contribution is 2.65. The van der Waals surface area contributed by atoms with E-state index in [2.05, 4.69) is 21.4 Å². The van der Waals surface area contributed by atoms with Crippen molar-refractivity contribution in [2.24, 2.45) is 23.7 Å². The van der Waals surface area contributed by atoms with Gasteiger partial charge in [0, 0.05) is 26.5 Å². The molecular formula is C38H36BrCl2N3O7. The molecule has 51 heavy (non-hydrogen) atoms. The summed E-state index contributed by atoms with van der Waals surface area (Å²) in [6.45, 7) is 5.47. The van der Waals surface area contributed by atoms with Gasteiger partial charge in [-0.25, -0.2) is 0 Å². The van der Waals surface area contributed by atoms with Crippen LogP contribution >= 0.6 is 39.1 Å². The minimum absolute atomic E-state index is 0.0928. The van der Waals surface area contributed by atoms with Crippen molar-refractivity contribution in [2.45, 2.75) is 50.5 Å². The standard InChI is InChI=1S/C38H36BrCl2N3O7/c1-37(2,3)43-33(46)23-12-11-22-24(30(23)35(43)48)17-26-34(47)44(42-28-13-8-20(40)16-27(28)41)36(49)38(26,18-6-9-21(50-4)10-7-18)31(22)25-14-19(39)15-29(51-5)32(25)45/h6-11,13-16,23-24,26,30-31,42,45H,12,17H2,1-5H3/t23-,24+,26-,30-,31+,38+/m0/s1. The van der Waals surface area contributed by atoms with Crippen molar-refractivity contribution in [1.29, 1.82) is 0 Å². The number of halogens is 3. The van der Waals surface area contributed by atoms with Crippen LogP contribution in [0.5, 0.6) is 17.2 Å². The first-order valence-electron chi connectivity index (χ1n) is 16.5. The Morgan fingerprint density at radius 2 is 1.63 bits per heavy atom. The summed E-state index contributed by atoms with van der Waals surface area (Å²) >= 11 is 16.3. The number of allylic oxidation sites excluding steroid dienone is 2. The van der Waals surface area contributed by atoms with Crippen molar-refractivity contribution >= 4 is 68.4 Å². The van der Waals surface area contributed by atoms with Gasteiger partial charge in [0.2, 0.25) is 11.8 Å². The van der Waals surface area contributed by atoms with Crippen LogP contribution in [0.4, 0.5) is 5.69 Å². The predicted molar refractivity (Wildman–Crippen MR) is 195 cm³/mol. The highest BCUT2D eigenvalue weighted by atomic mass is 79.9. The van der Waals surface area contributed by atoms with Gasteiger partial charge in [-0.15, -0.1) is 0 Å². The number of imide groups is 2. The van der Waals surface area contributed by atoms with E-state index in [4.69, 9.17) is 32.7 Å². The van der Waals surface area contributed by atoms with Crippen LogP contribution in [0.1, 0.15) is 50.7 Å². The van der Waals surface area contributed by atoms with Gasteiger partial charge in [0.25, 0.3) is 11.8 Å². The Labute approximate surface area is 313 Å². The second kappa shape index (κ2) is 12.6. The lowest BCUT2D eigenvalue weighted by atomic mass is 9.49. The molecule has 4 amide bonds. The molecule has 2 heterocycles. The van der Waals surface area contributed by atoms with Gasteiger partial charge >= 0.3 is 0 Å². The zero-order valence-corrected chi connectivity index (χ0v) is 31.6. The summed E-state index contributed by atoms with van der Waals surface area (Å²) in [5.41, 5.74) is 2.39. The van der Waals surface area contributed by atoms with E-state index in [0.717, 1.165) is 5.01 Å². The fourth-order valence-corrected chi connectivity index (χ4v) is 9.72. The van der Waals surface area contributed by atoms with Crippen molar-refractivity contribution in [1.82, 2.24) is 9.91 Å². The number of carbonyl (C=O) groups is 4. The molecule has 3 aromatic rings. The summed E-state index contributed by atoms with van der Waals surface area (Å²) < 4.78 is 11.6. The Hall–Kier alpha value is -4.06. The Bertz CT molecular complexity index is 2030. The van der Waals surface area contributed by atoms with Crippen LogP contribution in [0.3, 0.4) is 0 Å². The van der Waals surface area contributed by atoms with Crippen LogP contribution in [-0.2, 0) is 24.6 Å². The van der Waals surface area contributed by atoms with Gasteiger partial charge in [0.1, 0.15) is 5.75 Å². The maximum Gasteiger partial charge on any atom is 0.260 e. The SMILES string of the molecule is COc1ccc([C@@]23C(=O)N(Nc4ccc(Cl)cc4Cl)C(=O)[C@@H]2C[C@@H]2C(=CC[C@@H]4C(=O)N(C(C)(C)C)C(=O)[C@@H]42)[C@@H]3c2cc(Br)cc(OC)c2O)cc1. The second-order valence-electron chi connectivity index (χ2n) is 14.4. The molecule has 0 aromatic heterocycles. The number of hydrogen-bond acceptors (Lipinski definition) is 8. The molecule has 3 fully saturated rings. The first-order chi connectivity index (χ1) is 24.1. The molecule has 2 N–H and O–H groups in total. The van der Waals surface area contributed by atoms with Crippen molar-refractivity contribution in [3.05, 3.63) is 91.9 Å². The molecule has 0 spiro atoms. The smallest absolute Gasteiger partial charge is 0.260 e. The number of methoxy groups -OCH3 is 2. The quantitative estimate of drug-likeness (QED) is 0.197. The van der Waals surface area contributed by atoms with E-state index in [0.29, 0.717) is 31.9 Å². The maximum atomic E-state index is 15.4. The lowest BCUT2D eigenvalue weighted by Gasteiger charge is -2.50. The van der Waals surface area contributed by atoms with E-state index in [1.54, 1.807) is 48.5 Å². The first kappa shape index (κ1) is 35.3. The molecule has 6 atom stereocenters. The Morgan fingerprint density at radius 3 is 2.25 bits per heavy atom. The molecule has 2 aliphatic heterocycles. The monoisotopic (exact) mass is 795 g/mol. The lowest BCUT2D eigenvalue weighted by Crippen LogP contribution is -2.53. The number of nitrogens with one attached hydrogen (secondary N) is 1. The number of nitrogens with zero attached hydrogens (tertiary/aromatic N) is 2. The number of aromatic hydroxyl groups is 1. The van der Waals surface area contributed by atoms with Gasteiger partial charge in [-0.2, -0.15) is 5.01 Å². The van der Waals surface area contributed by atoms with E-state index in [1.165, 1.54) is 25.2 Å². The van der Waals surface area contributed by atoms with E-state index >= 15 is 4.79 Å². The van der Waals surface area contributed by atoms with Crippen LogP contribution in [0.15, 0.2) is 70.7 Å². The molecule has 1 saturated carbocycles. The predicted octanol–water partition coefficient (Wildman–Crippen LogP) is 7.26. The molecule has 4 aliphatic rings. The average molecular weight is 798 g/mol. The van der Waals surface area contributed by atoms with Gasteiger partial charge < -0.3 is 14.6 Å². The number of phenolic OH excluding ortho intramolecular Hbond substituents is 1. The summed E-state index contributed by atoms with van der Waals surface area (Å²) in [4.78, 5) is 59.8. The Kier molecular flexibility index (Phi) is 8.71. The van der Waals surface area contributed by atoms with Gasteiger partial charge in [0.05, 0.1) is 48.1 Å². The fourth-order valence-electron chi connectivity index (χ4n) is 8.82. The summed E-state index contributed by atoms with van der Waals surface area (Å²) in [6.07, 6.45) is 2.28. The van der Waals surface area contributed by atoms with Crippen molar-refractivity contribution in [2.75, 3.05) is 19.6 Å². The number of rotatable bonds is 6. The fraction of sp³-hybridized carbons (Fsp3) is 0.368. The summed E-state index contributed by atoms with van der Waals surface area (Å²) in [5.74, 6) is -5.20. The molecule has 10 nitrogen and oxygen atoms in total. The molecule has 2 saturated heterocycles. The normalized spacial score (nSPS) is 27.2. The maximum absolute atomic E-state index is 15.4. The molecule has 13 heteroatoms. The van der Waals surface area contributed by atoms with Crippen molar-refractivity contribution in [3.8, 4) is 17.2 Å². The third-order valence-corrected chi connectivity index (χ3v) is 11.9. The molecule has 2 aliphatic carbocycles. The van der Waals surface area contributed by atoms with E-state index in [-0.39, 0.29) is 46.9 Å². The zero-order chi connectivity index (χ0) is 36.7. The average Bonchev–Trinajstić information content (AvgIpc) is 3.47.